The number of hydrogen-bond donors (Lipinski definition) is 1. The first-order chi connectivity index (χ1) is 13.4. The summed E-state index contributed by atoms with van der Waals surface area (Å²) in [6, 6.07) is 10.8. The maximum absolute atomic E-state index is 13.6. The van der Waals surface area contributed by atoms with Gasteiger partial charge in [-0.1, -0.05) is 23.4 Å². The van der Waals surface area contributed by atoms with E-state index in [1.54, 1.807) is 24.3 Å². The second-order valence-corrected chi connectivity index (χ2v) is 7.56. The van der Waals surface area contributed by atoms with Gasteiger partial charge in [0.25, 0.3) is 0 Å². The summed E-state index contributed by atoms with van der Waals surface area (Å²) in [6.07, 6.45) is 0. The second-order valence-electron chi connectivity index (χ2n) is 5.75. The van der Waals surface area contributed by atoms with Crippen LogP contribution in [0.1, 0.15) is 11.5 Å². The van der Waals surface area contributed by atoms with Crippen LogP contribution in [-0.2, 0) is 22.3 Å². The van der Waals surface area contributed by atoms with Crippen LogP contribution in [0.15, 0.2) is 47.0 Å². The standard InChI is InChI=1S/C18H18FN3O5S/c1-25-15-8-7-12(9-16(15)26-2)18-21-17(27-22-18)10-20-28(23,24)11-13-5-3-4-6-14(13)19/h3-9,20H,10-11H2,1-2H3. The first-order valence-corrected chi connectivity index (χ1v) is 9.83. The predicted octanol–water partition coefficient (Wildman–Crippen LogP) is 2.51. The maximum atomic E-state index is 13.6. The van der Waals surface area contributed by atoms with Crippen LogP contribution in [0.5, 0.6) is 11.5 Å². The van der Waals surface area contributed by atoms with Gasteiger partial charge in [-0.2, -0.15) is 4.98 Å². The quantitative estimate of drug-likeness (QED) is 0.612. The number of nitrogens with one attached hydrogen (secondary N) is 1. The largest absolute Gasteiger partial charge is 0.493 e. The van der Waals surface area contributed by atoms with Crippen LogP contribution in [0.2, 0.25) is 0 Å². The van der Waals surface area contributed by atoms with Gasteiger partial charge >= 0.3 is 0 Å². The van der Waals surface area contributed by atoms with Crippen LogP contribution < -0.4 is 14.2 Å². The Morgan fingerprint density at radius 2 is 1.86 bits per heavy atom. The number of methoxy groups -OCH3 is 2. The van der Waals surface area contributed by atoms with E-state index in [0.717, 1.165) is 0 Å². The average molecular weight is 407 g/mol. The summed E-state index contributed by atoms with van der Waals surface area (Å²) in [6.45, 7) is -0.211. The molecule has 1 aromatic heterocycles. The highest BCUT2D eigenvalue weighted by molar-refractivity contribution is 7.88. The molecule has 0 aliphatic carbocycles. The summed E-state index contributed by atoms with van der Waals surface area (Å²) >= 11 is 0. The van der Waals surface area contributed by atoms with Gasteiger partial charge in [-0.25, -0.2) is 17.5 Å². The number of benzene rings is 2. The van der Waals surface area contributed by atoms with Crippen LogP contribution in [0, 0.1) is 5.82 Å². The number of rotatable bonds is 8. The van der Waals surface area contributed by atoms with Crippen molar-refractivity contribution >= 4 is 10.0 Å². The Bertz CT molecular complexity index is 1070. The first kappa shape index (κ1) is 19.8. The van der Waals surface area contributed by atoms with Crippen molar-refractivity contribution in [3.8, 4) is 22.9 Å². The van der Waals surface area contributed by atoms with Crippen LogP contribution in [0.25, 0.3) is 11.4 Å². The lowest BCUT2D eigenvalue weighted by Crippen LogP contribution is -2.25. The molecule has 0 aliphatic heterocycles. The fraction of sp³-hybridized carbons (Fsp3) is 0.222. The maximum Gasteiger partial charge on any atom is 0.242 e. The highest BCUT2D eigenvalue weighted by Gasteiger charge is 2.17. The molecule has 3 rings (SSSR count). The molecule has 0 bridgehead atoms. The number of hydrogen-bond acceptors (Lipinski definition) is 7. The molecule has 28 heavy (non-hydrogen) atoms. The summed E-state index contributed by atoms with van der Waals surface area (Å²) in [4.78, 5) is 4.16. The SMILES string of the molecule is COc1ccc(-c2noc(CNS(=O)(=O)Cc3ccccc3F)n2)cc1OC. The molecule has 0 atom stereocenters. The fourth-order valence-corrected chi connectivity index (χ4v) is 3.55. The highest BCUT2D eigenvalue weighted by Crippen LogP contribution is 2.31. The van der Waals surface area contributed by atoms with E-state index in [4.69, 9.17) is 14.0 Å². The van der Waals surface area contributed by atoms with Crippen molar-refractivity contribution in [1.82, 2.24) is 14.9 Å². The van der Waals surface area contributed by atoms with E-state index in [9.17, 15) is 12.8 Å². The minimum Gasteiger partial charge on any atom is -0.493 e. The average Bonchev–Trinajstić information content (AvgIpc) is 3.17. The number of sulfonamides is 1. The van der Waals surface area contributed by atoms with Crippen molar-refractivity contribution in [2.75, 3.05) is 14.2 Å². The number of nitrogens with zero attached hydrogens (tertiary/aromatic N) is 2. The van der Waals surface area contributed by atoms with E-state index in [2.05, 4.69) is 14.9 Å². The molecule has 0 spiro atoms. The van der Waals surface area contributed by atoms with E-state index in [0.29, 0.717) is 17.1 Å². The Labute approximate surface area is 161 Å². The van der Waals surface area contributed by atoms with Crippen LogP contribution in [0.3, 0.4) is 0 Å². The molecule has 2 aromatic carbocycles. The third-order valence-corrected chi connectivity index (χ3v) is 5.13. The third kappa shape index (κ3) is 4.65. The summed E-state index contributed by atoms with van der Waals surface area (Å²) < 4.78 is 55.8. The molecule has 1 heterocycles. The van der Waals surface area contributed by atoms with E-state index >= 15 is 0 Å². The Morgan fingerprint density at radius 1 is 1.11 bits per heavy atom. The van der Waals surface area contributed by atoms with Crippen molar-refractivity contribution in [2.45, 2.75) is 12.3 Å². The van der Waals surface area contributed by atoms with E-state index < -0.39 is 21.6 Å². The lowest BCUT2D eigenvalue weighted by molar-refractivity contribution is 0.355. The van der Waals surface area contributed by atoms with Gasteiger partial charge in [0.15, 0.2) is 11.5 Å². The van der Waals surface area contributed by atoms with Crippen molar-refractivity contribution < 1.29 is 26.8 Å². The monoisotopic (exact) mass is 407 g/mol. The summed E-state index contributed by atoms with van der Waals surface area (Å²) in [5.41, 5.74) is 0.688. The van der Waals surface area contributed by atoms with Crippen molar-refractivity contribution in [2.24, 2.45) is 0 Å². The summed E-state index contributed by atoms with van der Waals surface area (Å²) in [5.74, 6) is 0.316. The van der Waals surface area contributed by atoms with Gasteiger partial charge in [0.1, 0.15) is 5.82 Å². The molecule has 3 aromatic rings. The molecule has 8 nitrogen and oxygen atoms in total. The first-order valence-electron chi connectivity index (χ1n) is 8.17. The zero-order valence-corrected chi connectivity index (χ0v) is 16.0. The lowest BCUT2D eigenvalue weighted by atomic mass is 10.2. The lowest BCUT2D eigenvalue weighted by Gasteiger charge is -2.07. The van der Waals surface area contributed by atoms with Gasteiger partial charge < -0.3 is 14.0 Å². The Hall–Kier alpha value is -2.98. The zero-order chi connectivity index (χ0) is 20.1. The molecule has 10 heteroatoms. The fourth-order valence-electron chi connectivity index (χ4n) is 2.46. The molecule has 0 saturated heterocycles. The van der Waals surface area contributed by atoms with Crippen LogP contribution >= 0.6 is 0 Å². The molecular formula is C18H18FN3O5S. The smallest absolute Gasteiger partial charge is 0.242 e. The van der Waals surface area contributed by atoms with Crippen molar-refractivity contribution in [1.29, 1.82) is 0 Å². The normalized spacial score (nSPS) is 11.4. The van der Waals surface area contributed by atoms with Crippen LogP contribution in [0.4, 0.5) is 4.39 Å². The Morgan fingerprint density at radius 3 is 2.57 bits per heavy atom. The molecule has 0 amide bonds. The minimum absolute atomic E-state index is 0.0712. The molecule has 1 N–H and O–H groups in total. The molecule has 0 unspecified atom stereocenters. The van der Waals surface area contributed by atoms with E-state index in [1.165, 1.54) is 32.4 Å². The molecule has 0 fully saturated rings. The number of halogens is 1. The topological polar surface area (TPSA) is 104 Å². The summed E-state index contributed by atoms with van der Waals surface area (Å²) in [5, 5.41) is 3.84. The van der Waals surface area contributed by atoms with Crippen LogP contribution in [-0.4, -0.2) is 32.8 Å². The molecule has 0 aliphatic rings. The molecule has 148 valence electrons. The Kier molecular flexibility index (Phi) is 5.90. The van der Waals surface area contributed by atoms with Gasteiger partial charge in [-0.3, -0.25) is 0 Å². The van der Waals surface area contributed by atoms with Gasteiger partial charge in [0.2, 0.25) is 21.7 Å². The van der Waals surface area contributed by atoms with Gasteiger partial charge in [0.05, 0.1) is 26.5 Å². The molecular weight excluding hydrogens is 389 g/mol. The third-order valence-electron chi connectivity index (χ3n) is 3.86. The molecule has 0 saturated carbocycles. The van der Waals surface area contributed by atoms with E-state index in [-0.39, 0.29) is 23.8 Å². The van der Waals surface area contributed by atoms with Crippen molar-refractivity contribution in [3.05, 3.63) is 59.7 Å². The minimum atomic E-state index is -3.78. The Balaban J connectivity index is 1.69. The second kappa shape index (κ2) is 8.36. The van der Waals surface area contributed by atoms with Crippen molar-refractivity contribution in [3.63, 3.8) is 0 Å². The number of aromatic nitrogens is 2. The van der Waals surface area contributed by atoms with Gasteiger partial charge in [-0.05, 0) is 24.3 Å². The predicted molar refractivity (Wildman–Crippen MR) is 98.7 cm³/mol. The van der Waals surface area contributed by atoms with Gasteiger partial charge in [0, 0.05) is 11.1 Å². The number of ether oxygens (including phenoxy) is 2. The van der Waals surface area contributed by atoms with E-state index in [1.807, 2.05) is 0 Å². The summed E-state index contributed by atoms with van der Waals surface area (Å²) in [7, 11) is -0.752. The highest BCUT2D eigenvalue weighted by atomic mass is 32.2. The van der Waals surface area contributed by atoms with Gasteiger partial charge in [-0.15, -0.1) is 0 Å². The molecule has 0 radical (unpaired) electrons. The zero-order valence-electron chi connectivity index (χ0n) is 15.2.